The normalized spacial score (nSPS) is 12.5. The Morgan fingerprint density at radius 2 is 2.08 bits per heavy atom. The van der Waals surface area contributed by atoms with E-state index in [4.69, 9.17) is 0 Å². The maximum absolute atomic E-state index is 12.4. The van der Waals surface area contributed by atoms with E-state index in [2.05, 4.69) is 27.5 Å². The summed E-state index contributed by atoms with van der Waals surface area (Å²) in [6.07, 6.45) is 4.05. The Bertz CT molecular complexity index is 655. The Labute approximate surface area is 155 Å². The summed E-state index contributed by atoms with van der Waals surface area (Å²) >= 11 is 4.72. The number of thioether (sulfide) groups is 2. The van der Waals surface area contributed by atoms with Crippen LogP contribution in [0.15, 0.2) is 20.9 Å². The van der Waals surface area contributed by atoms with Gasteiger partial charge in [-0.15, -0.1) is 10.2 Å². The Morgan fingerprint density at radius 3 is 2.79 bits per heavy atom. The van der Waals surface area contributed by atoms with E-state index in [0.29, 0.717) is 0 Å². The molecule has 0 bridgehead atoms. The van der Waals surface area contributed by atoms with E-state index < -0.39 is 0 Å². The van der Waals surface area contributed by atoms with Crippen molar-refractivity contribution in [2.24, 2.45) is 0 Å². The predicted molar refractivity (Wildman–Crippen MR) is 102 cm³/mol. The zero-order chi connectivity index (χ0) is 17.5. The van der Waals surface area contributed by atoms with Crippen molar-refractivity contribution in [3.05, 3.63) is 12.3 Å². The summed E-state index contributed by atoms with van der Waals surface area (Å²) < 4.78 is 3.59. The van der Waals surface area contributed by atoms with E-state index in [1.165, 1.54) is 24.6 Å². The van der Waals surface area contributed by atoms with Crippen molar-refractivity contribution in [2.75, 3.05) is 11.1 Å². The van der Waals surface area contributed by atoms with Gasteiger partial charge in [0, 0.05) is 17.9 Å². The Kier molecular flexibility index (Phi) is 7.57. The van der Waals surface area contributed by atoms with Crippen molar-refractivity contribution >= 4 is 46.6 Å². The minimum atomic E-state index is -0.248. The lowest BCUT2D eigenvalue weighted by Gasteiger charge is -2.14. The van der Waals surface area contributed by atoms with Crippen LogP contribution in [-0.2, 0) is 4.79 Å². The quantitative estimate of drug-likeness (QED) is 0.512. The van der Waals surface area contributed by atoms with Gasteiger partial charge in [-0.25, -0.2) is 4.68 Å². The number of aromatic nitrogens is 4. The van der Waals surface area contributed by atoms with Crippen LogP contribution in [0.5, 0.6) is 0 Å². The molecule has 1 amide bonds. The van der Waals surface area contributed by atoms with Crippen LogP contribution < -0.4 is 5.32 Å². The van der Waals surface area contributed by atoms with E-state index in [-0.39, 0.29) is 17.2 Å². The fourth-order valence-electron chi connectivity index (χ4n) is 1.86. The van der Waals surface area contributed by atoms with Crippen LogP contribution >= 0.6 is 34.9 Å². The molecule has 1 N–H and O–H groups in total. The summed E-state index contributed by atoms with van der Waals surface area (Å²) in [6, 6.07) is 2.01. The van der Waals surface area contributed by atoms with Crippen LogP contribution in [0.2, 0.25) is 0 Å². The van der Waals surface area contributed by atoms with E-state index in [1.807, 2.05) is 26.8 Å². The lowest BCUT2D eigenvalue weighted by Crippen LogP contribution is -2.24. The number of hydrogen-bond donors (Lipinski definition) is 1. The number of nitrogens with one attached hydrogen (secondary N) is 1. The van der Waals surface area contributed by atoms with Crippen molar-refractivity contribution < 1.29 is 4.79 Å². The van der Waals surface area contributed by atoms with Gasteiger partial charge in [0.1, 0.15) is 5.82 Å². The summed E-state index contributed by atoms with van der Waals surface area (Å²) in [5.74, 6) is 1.72. The number of hydrogen-bond acceptors (Lipinski definition) is 7. The van der Waals surface area contributed by atoms with E-state index in [0.717, 1.165) is 20.3 Å². The van der Waals surface area contributed by atoms with E-state index >= 15 is 0 Å². The summed E-state index contributed by atoms with van der Waals surface area (Å²) in [7, 11) is 0. The molecule has 0 fully saturated rings. The van der Waals surface area contributed by atoms with Crippen molar-refractivity contribution in [1.29, 1.82) is 0 Å². The van der Waals surface area contributed by atoms with Crippen molar-refractivity contribution in [1.82, 2.24) is 20.0 Å². The standard InChI is InChI=1S/C15H23N5OS3/c1-5-6-9-22-14-18-19-15(24-14)23-11(4)13(21)17-12-7-8-16-20(12)10(2)3/h7-8,10-11H,5-6,9H2,1-4H3,(H,17,21). The summed E-state index contributed by atoms with van der Waals surface area (Å²) in [5.41, 5.74) is 0. The van der Waals surface area contributed by atoms with Gasteiger partial charge in [0.2, 0.25) is 5.91 Å². The molecule has 1 unspecified atom stereocenters. The molecule has 0 saturated carbocycles. The third kappa shape index (κ3) is 5.49. The molecule has 0 saturated heterocycles. The fraction of sp³-hybridized carbons (Fsp3) is 0.600. The summed E-state index contributed by atoms with van der Waals surface area (Å²) in [4.78, 5) is 12.4. The average Bonchev–Trinajstić information content (AvgIpc) is 3.17. The van der Waals surface area contributed by atoms with Gasteiger partial charge < -0.3 is 5.32 Å². The molecule has 0 aliphatic heterocycles. The van der Waals surface area contributed by atoms with E-state index in [1.54, 1.807) is 34.0 Å². The third-order valence-electron chi connectivity index (χ3n) is 3.17. The van der Waals surface area contributed by atoms with Crippen molar-refractivity contribution in [3.8, 4) is 0 Å². The lowest BCUT2D eigenvalue weighted by molar-refractivity contribution is -0.115. The zero-order valence-corrected chi connectivity index (χ0v) is 16.8. The first-order valence-corrected chi connectivity index (χ1v) is 10.7. The second-order valence-corrected chi connectivity index (χ2v) is 9.45. The van der Waals surface area contributed by atoms with Gasteiger partial charge in [0.15, 0.2) is 8.68 Å². The largest absolute Gasteiger partial charge is 0.310 e. The van der Waals surface area contributed by atoms with Crippen LogP contribution in [0.1, 0.15) is 46.6 Å². The maximum Gasteiger partial charge on any atom is 0.238 e. The van der Waals surface area contributed by atoms with Crippen molar-refractivity contribution in [2.45, 2.75) is 60.5 Å². The highest BCUT2D eigenvalue weighted by molar-refractivity contribution is 8.03. The molecule has 0 aliphatic carbocycles. The Hall–Kier alpha value is -1.06. The highest BCUT2D eigenvalue weighted by atomic mass is 32.2. The summed E-state index contributed by atoms with van der Waals surface area (Å²) in [5, 5.41) is 15.3. The van der Waals surface area contributed by atoms with Crippen LogP contribution in [0.4, 0.5) is 5.82 Å². The molecule has 1 atom stereocenters. The average molecular weight is 386 g/mol. The van der Waals surface area contributed by atoms with Gasteiger partial charge in [0.05, 0.1) is 11.4 Å². The Balaban J connectivity index is 1.88. The highest BCUT2D eigenvalue weighted by Crippen LogP contribution is 2.32. The van der Waals surface area contributed by atoms with Crippen LogP contribution in [0.25, 0.3) is 0 Å². The molecule has 0 aliphatic rings. The van der Waals surface area contributed by atoms with Crippen LogP contribution in [0.3, 0.4) is 0 Å². The minimum absolute atomic E-state index is 0.0576. The molecule has 0 spiro atoms. The molecule has 2 aromatic rings. The molecular weight excluding hydrogens is 362 g/mol. The number of carbonyl (C=O) groups is 1. The molecular formula is C15H23N5OS3. The fourth-order valence-corrected chi connectivity index (χ4v) is 5.18. The molecule has 132 valence electrons. The maximum atomic E-state index is 12.4. The zero-order valence-electron chi connectivity index (χ0n) is 14.4. The molecule has 0 aromatic carbocycles. The highest BCUT2D eigenvalue weighted by Gasteiger charge is 2.19. The molecule has 6 nitrogen and oxygen atoms in total. The second kappa shape index (κ2) is 9.43. The first-order valence-electron chi connectivity index (χ1n) is 7.98. The number of rotatable bonds is 9. The van der Waals surface area contributed by atoms with Gasteiger partial charge in [-0.05, 0) is 27.2 Å². The number of carbonyl (C=O) groups excluding carboxylic acids is 1. The van der Waals surface area contributed by atoms with Gasteiger partial charge in [-0.2, -0.15) is 5.10 Å². The van der Waals surface area contributed by atoms with Crippen LogP contribution in [-0.4, -0.2) is 36.9 Å². The minimum Gasteiger partial charge on any atom is -0.310 e. The van der Waals surface area contributed by atoms with E-state index in [9.17, 15) is 4.79 Å². The monoisotopic (exact) mass is 385 g/mol. The third-order valence-corrected chi connectivity index (χ3v) is 6.50. The lowest BCUT2D eigenvalue weighted by atomic mass is 10.4. The topological polar surface area (TPSA) is 72.7 Å². The first kappa shape index (κ1) is 19.3. The van der Waals surface area contributed by atoms with Gasteiger partial charge in [-0.3, -0.25) is 4.79 Å². The summed E-state index contributed by atoms with van der Waals surface area (Å²) in [6.45, 7) is 8.11. The number of amides is 1. The predicted octanol–water partition coefficient (Wildman–Crippen LogP) is 4.33. The number of anilines is 1. The van der Waals surface area contributed by atoms with Crippen molar-refractivity contribution in [3.63, 3.8) is 0 Å². The van der Waals surface area contributed by atoms with Crippen LogP contribution in [0, 0.1) is 0 Å². The van der Waals surface area contributed by atoms with Gasteiger partial charge >= 0.3 is 0 Å². The molecule has 24 heavy (non-hydrogen) atoms. The molecule has 2 heterocycles. The number of unbranched alkanes of at least 4 members (excludes halogenated alkanes) is 1. The molecule has 9 heteroatoms. The molecule has 2 rings (SSSR count). The van der Waals surface area contributed by atoms with Gasteiger partial charge in [-0.1, -0.05) is 48.2 Å². The Morgan fingerprint density at radius 1 is 1.33 bits per heavy atom. The van der Waals surface area contributed by atoms with Gasteiger partial charge in [0.25, 0.3) is 0 Å². The smallest absolute Gasteiger partial charge is 0.238 e. The molecule has 2 aromatic heterocycles. The number of nitrogens with zero attached hydrogens (tertiary/aromatic N) is 4. The first-order chi connectivity index (χ1) is 11.5. The second-order valence-electron chi connectivity index (χ2n) is 5.54. The SMILES string of the molecule is CCCCSc1nnc(SC(C)C(=O)Nc2ccnn2C(C)C)s1. The molecule has 0 radical (unpaired) electrons.